The number of hydrogen-bond donors (Lipinski definition) is 9. The molecule has 2 aliphatic heterocycles. The number of aliphatic hydroxyl groups is 8. The van der Waals surface area contributed by atoms with Gasteiger partial charge in [0, 0.05) is 6.42 Å². The minimum absolute atomic E-state index is 0.186. The van der Waals surface area contributed by atoms with E-state index in [-0.39, 0.29) is 18.9 Å². The van der Waals surface area contributed by atoms with Gasteiger partial charge in [0.15, 0.2) is 12.6 Å². The number of carbonyl (C=O) groups is 1. The zero-order valence-corrected chi connectivity index (χ0v) is 24.7. The van der Waals surface area contributed by atoms with Gasteiger partial charge in [0.05, 0.1) is 32.0 Å². The second-order valence-corrected chi connectivity index (χ2v) is 11.2. The molecule has 0 aromatic heterocycles. The highest BCUT2D eigenvalue weighted by molar-refractivity contribution is 5.75. The number of hydrogen-bond acceptors (Lipinski definition) is 13. The molecule has 0 bridgehead atoms. The van der Waals surface area contributed by atoms with E-state index in [9.17, 15) is 45.6 Å². The third-order valence-corrected chi connectivity index (χ3v) is 7.89. The molecule has 14 heteroatoms. The Bertz CT molecular complexity index is 745. The summed E-state index contributed by atoms with van der Waals surface area (Å²) >= 11 is 0. The van der Waals surface area contributed by atoms with Crippen LogP contribution in [0, 0.1) is 0 Å². The van der Waals surface area contributed by atoms with E-state index in [1.807, 2.05) is 0 Å². The minimum atomic E-state index is -1.77. The van der Waals surface area contributed by atoms with Crippen LogP contribution in [0.2, 0.25) is 0 Å². The van der Waals surface area contributed by atoms with Crippen molar-refractivity contribution in [3.8, 4) is 0 Å². The predicted octanol–water partition coefficient (Wildman–Crippen LogP) is -1.59. The van der Waals surface area contributed by atoms with E-state index in [2.05, 4.69) is 12.2 Å². The Kier molecular flexibility index (Phi) is 17.2. The Morgan fingerprint density at radius 2 is 1.33 bits per heavy atom. The van der Waals surface area contributed by atoms with Crippen LogP contribution in [-0.2, 0) is 23.7 Å². The molecule has 2 rings (SSSR count). The van der Waals surface area contributed by atoms with Crippen molar-refractivity contribution >= 4 is 5.91 Å². The standard InChI is InChI=1S/C28H53NO13/c1-3-5-6-7-8-9-10-11-12-17(32)16(29-20(33)4-2)15-39-27-25(38)23(36)26(19(14-31)41-27)42-28-24(37)22(35)21(34)18(13-30)40-28/h16-19,21-28,30-32,34-38H,3-15H2,1-2H3,(H,29,33). The van der Waals surface area contributed by atoms with Crippen molar-refractivity contribution in [1.82, 2.24) is 5.32 Å². The van der Waals surface area contributed by atoms with Crippen LogP contribution >= 0.6 is 0 Å². The number of unbranched alkanes of at least 4 members (excludes halogenated alkanes) is 7. The summed E-state index contributed by atoms with van der Waals surface area (Å²) in [5, 5.41) is 84.6. The Hall–Kier alpha value is -1.01. The minimum Gasteiger partial charge on any atom is -0.394 e. The first-order chi connectivity index (χ1) is 20.1. The van der Waals surface area contributed by atoms with Gasteiger partial charge in [-0.1, -0.05) is 65.2 Å². The summed E-state index contributed by atoms with van der Waals surface area (Å²) in [6.07, 6.45) is -7.24. The molecular formula is C28H53NO13. The molecule has 248 valence electrons. The van der Waals surface area contributed by atoms with E-state index < -0.39 is 86.8 Å². The van der Waals surface area contributed by atoms with Crippen LogP contribution in [-0.4, -0.2) is 140 Å². The van der Waals surface area contributed by atoms with Crippen molar-refractivity contribution in [3.63, 3.8) is 0 Å². The summed E-state index contributed by atoms with van der Waals surface area (Å²) in [4.78, 5) is 12.1. The van der Waals surface area contributed by atoms with Gasteiger partial charge in [0.1, 0.15) is 48.8 Å². The molecule has 0 aliphatic carbocycles. The molecule has 2 heterocycles. The van der Waals surface area contributed by atoms with Crippen LogP contribution in [0.1, 0.15) is 78.1 Å². The quantitative estimate of drug-likeness (QED) is 0.0752. The Balaban J connectivity index is 1.95. The first kappa shape index (κ1) is 37.2. The monoisotopic (exact) mass is 611 g/mol. The van der Waals surface area contributed by atoms with E-state index >= 15 is 0 Å². The van der Waals surface area contributed by atoms with E-state index in [1.165, 1.54) is 25.7 Å². The molecule has 0 spiro atoms. The van der Waals surface area contributed by atoms with Crippen molar-refractivity contribution in [3.05, 3.63) is 0 Å². The van der Waals surface area contributed by atoms with Crippen LogP contribution < -0.4 is 5.32 Å². The molecular weight excluding hydrogens is 558 g/mol. The maximum Gasteiger partial charge on any atom is 0.220 e. The third kappa shape index (κ3) is 10.9. The number of rotatable bonds is 19. The number of ether oxygens (including phenoxy) is 4. The second-order valence-electron chi connectivity index (χ2n) is 11.2. The van der Waals surface area contributed by atoms with Gasteiger partial charge in [-0.15, -0.1) is 0 Å². The molecule has 2 fully saturated rings. The fourth-order valence-corrected chi connectivity index (χ4v) is 5.14. The molecule has 0 radical (unpaired) electrons. The summed E-state index contributed by atoms with van der Waals surface area (Å²) in [5.74, 6) is -0.301. The first-order valence-corrected chi connectivity index (χ1v) is 15.3. The lowest BCUT2D eigenvalue weighted by atomic mass is 9.97. The van der Waals surface area contributed by atoms with Gasteiger partial charge < -0.3 is 65.1 Å². The molecule has 2 aliphatic rings. The van der Waals surface area contributed by atoms with E-state index in [4.69, 9.17) is 18.9 Å². The maximum absolute atomic E-state index is 12.1. The Morgan fingerprint density at radius 3 is 1.93 bits per heavy atom. The summed E-state index contributed by atoms with van der Waals surface area (Å²) in [6, 6.07) is -0.814. The topological polar surface area (TPSA) is 228 Å². The van der Waals surface area contributed by atoms with Crippen molar-refractivity contribution in [2.45, 2.75) is 152 Å². The average molecular weight is 612 g/mol. The molecule has 0 aromatic rings. The Morgan fingerprint density at radius 1 is 0.762 bits per heavy atom. The molecule has 14 nitrogen and oxygen atoms in total. The maximum atomic E-state index is 12.1. The van der Waals surface area contributed by atoms with E-state index in [1.54, 1.807) is 6.92 Å². The lowest BCUT2D eigenvalue weighted by Crippen LogP contribution is -2.65. The van der Waals surface area contributed by atoms with Crippen LogP contribution in [0.3, 0.4) is 0 Å². The highest BCUT2D eigenvalue weighted by Gasteiger charge is 2.50. The van der Waals surface area contributed by atoms with Crippen molar-refractivity contribution in [2.24, 2.45) is 0 Å². The number of aliphatic hydroxyl groups excluding tert-OH is 8. The predicted molar refractivity (Wildman–Crippen MR) is 148 cm³/mol. The third-order valence-electron chi connectivity index (χ3n) is 7.89. The largest absolute Gasteiger partial charge is 0.394 e. The molecule has 1 amide bonds. The molecule has 0 saturated carbocycles. The van der Waals surface area contributed by atoms with Crippen LogP contribution in [0.25, 0.3) is 0 Å². The molecule has 9 N–H and O–H groups in total. The number of carbonyl (C=O) groups excluding carboxylic acids is 1. The highest BCUT2D eigenvalue weighted by Crippen LogP contribution is 2.29. The normalized spacial score (nSPS) is 35.1. The molecule has 12 atom stereocenters. The van der Waals surface area contributed by atoms with Crippen LogP contribution in [0.5, 0.6) is 0 Å². The summed E-state index contributed by atoms with van der Waals surface area (Å²) in [6.45, 7) is 2.19. The lowest BCUT2D eigenvalue weighted by molar-refractivity contribution is -0.359. The Labute approximate surface area is 247 Å². The smallest absolute Gasteiger partial charge is 0.220 e. The van der Waals surface area contributed by atoms with Crippen molar-refractivity contribution in [1.29, 1.82) is 0 Å². The van der Waals surface area contributed by atoms with E-state index in [0.717, 1.165) is 25.7 Å². The number of amides is 1. The zero-order chi connectivity index (χ0) is 31.2. The van der Waals surface area contributed by atoms with Gasteiger partial charge in [0.25, 0.3) is 0 Å². The van der Waals surface area contributed by atoms with Gasteiger partial charge >= 0.3 is 0 Å². The second kappa shape index (κ2) is 19.4. The molecule has 42 heavy (non-hydrogen) atoms. The average Bonchev–Trinajstić information content (AvgIpc) is 2.99. The van der Waals surface area contributed by atoms with Gasteiger partial charge in [-0.3, -0.25) is 4.79 Å². The summed E-state index contributed by atoms with van der Waals surface area (Å²) in [7, 11) is 0. The number of nitrogens with one attached hydrogen (secondary N) is 1. The molecule has 12 unspecified atom stereocenters. The lowest BCUT2D eigenvalue weighted by Gasteiger charge is -2.46. The summed E-state index contributed by atoms with van der Waals surface area (Å²) in [5.41, 5.74) is 0. The van der Waals surface area contributed by atoms with Gasteiger partial charge in [0.2, 0.25) is 5.91 Å². The SMILES string of the molecule is CCCCCCCCCCC(O)C(COC1OC(CO)C(OC2OC(CO)C(O)C(O)C2O)C(O)C1O)NC(=O)CC. The molecule has 2 saturated heterocycles. The van der Waals surface area contributed by atoms with Crippen LogP contribution in [0.4, 0.5) is 0 Å². The van der Waals surface area contributed by atoms with Gasteiger partial charge in [-0.2, -0.15) is 0 Å². The first-order valence-electron chi connectivity index (χ1n) is 15.3. The van der Waals surface area contributed by atoms with Gasteiger partial charge in [-0.25, -0.2) is 0 Å². The van der Waals surface area contributed by atoms with Gasteiger partial charge in [-0.05, 0) is 6.42 Å². The van der Waals surface area contributed by atoms with E-state index in [0.29, 0.717) is 6.42 Å². The van der Waals surface area contributed by atoms with Crippen molar-refractivity contribution < 1.29 is 64.6 Å². The van der Waals surface area contributed by atoms with Crippen LogP contribution in [0.15, 0.2) is 0 Å². The fraction of sp³-hybridized carbons (Fsp3) is 0.964. The molecule has 0 aromatic carbocycles. The van der Waals surface area contributed by atoms with Crippen molar-refractivity contribution in [2.75, 3.05) is 19.8 Å². The fourth-order valence-electron chi connectivity index (χ4n) is 5.14. The zero-order valence-electron chi connectivity index (χ0n) is 24.7. The summed E-state index contributed by atoms with van der Waals surface area (Å²) < 4.78 is 22.1. The highest BCUT2D eigenvalue weighted by atomic mass is 16.7.